The molecule has 6 heteroatoms. The molecule has 3 heterocycles. The number of hydrogen-bond donors (Lipinski definition) is 0. The van der Waals surface area contributed by atoms with Gasteiger partial charge >= 0.3 is 0 Å². The van der Waals surface area contributed by atoms with Crippen LogP contribution in [0.2, 0.25) is 5.02 Å². The van der Waals surface area contributed by atoms with Crippen LogP contribution >= 0.6 is 22.9 Å². The van der Waals surface area contributed by atoms with Crippen LogP contribution in [0, 0.1) is 18.3 Å². The van der Waals surface area contributed by atoms with Crippen molar-refractivity contribution < 1.29 is 0 Å². The van der Waals surface area contributed by atoms with Crippen LogP contribution in [-0.2, 0) is 6.42 Å². The van der Waals surface area contributed by atoms with Crippen LogP contribution in [0.5, 0.6) is 0 Å². The summed E-state index contributed by atoms with van der Waals surface area (Å²) in [5.74, 6) is 0. The Hall–Kier alpha value is -2.68. The number of halogens is 1. The van der Waals surface area contributed by atoms with Gasteiger partial charge in [0.05, 0.1) is 29.6 Å². The van der Waals surface area contributed by atoms with E-state index in [-0.39, 0.29) is 6.42 Å². The largest absolute Gasteiger partial charge is 0.286 e. The van der Waals surface area contributed by atoms with E-state index in [4.69, 9.17) is 16.6 Å². The van der Waals surface area contributed by atoms with Gasteiger partial charge in [-0.3, -0.25) is 9.38 Å². The molecule has 0 saturated carbocycles. The highest BCUT2D eigenvalue weighted by Crippen LogP contribution is 2.34. The maximum atomic E-state index is 9.33. The fourth-order valence-electron chi connectivity index (χ4n) is 2.90. The second kappa shape index (κ2) is 6.32. The third-order valence-corrected chi connectivity index (χ3v) is 5.36. The Labute approximate surface area is 154 Å². The lowest BCUT2D eigenvalue weighted by atomic mass is 10.1. The van der Waals surface area contributed by atoms with Crippen LogP contribution in [-0.4, -0.2) is 14.4 Å². The van der Waals surface area contributed by atoms with Crippen LogP contribution in [0.15, 0.2) is 48.1 Å². The Morgan fingerprint density at radius 3 is 2.72 bits per heavy atom. The molecule has 0 N–H and O–H groups in total. The van der Waals surface area contributed by atoms with Gasteiger partial charge in [-0.05, 0) is 42.3 Å². The molecule has 4 nitrogen and oxygen atoms in total. The maximum absolute atomic E-state index is 9.33. The van der Waals surface area contributed by atoms with E-state index >= 15 is 0 Å². The monoisotopic (exact) mass is 364 g/mol. The average molecular weight is 365 g/mol. The molecular weight excluding hydrogens is 352 g/mol. The van der Waals surface area contributed by atoms with Gasteiger partial charge in [0, 0.05) is 28.4 Å². The molecule has 0 aliphatic carbocycles. The Bertz CT molecular complexity index is 1110. The highest BCUT2D eigenvalue weighted by Gasteiger charge is 2.18. The molecule has 25 heavy (non-hydrogen) atoms. The summed E-state index contributed by atoms with van der Waals surface area (Å²) in [7, 11) is 0. The molecule has 0 spiro atoms. The van der Waals surface area contributed by atoms with Gasteiger partial charge in [-0.2, -0.15) is 5.26 Å². The number of fused-ring (bicyclic) bond motifs is 1. The number of aryl methyl sites for hydroxylation is 1. The number of hydrogen-bond acceptors (Lipinski definition) is 4. The Morgan fingerprint density at radius 1 is 1.20 bits per heavy atom. The van der Waals surface area contributed by atoms with Crippen molar-refractivity contribution in [3.8, 4) is 28.6 Å². The summed E-state index contributed by atoms with van der Waals surface area (Å²) in [5.41, 5.74) is 5.81. The number of thiazole rings is 1. The minimum absolute atomic E-state index is 0.287. The molecule has 0 fully saturated rings. The SMILES string of the molecule is Cc1cc(-c2csc3nc(-c4ccncc4)c(CC#N)n23)ccc1Cl. The van der Waals surface area contributed by atoms with E-state index in [1.807, 2.05) is 31.2 Å². The van der Waals surface area contributed by atoms with Gasteiger partial charge in [0.2, 0.25) is 0 Å². The van der Waals surface area contributed by atoms with Gasteiger partial charge in [0.25, 0.3) is 0 Å². The summed E-state index contributed by atoms with van der Waals surface area (Å²) < 4.78 is 2.08. The number of imidazole rings is 1. The van der Waals surface area contributed by atoms with E-state index < -0.39 is 0 Å². The van der Waals surface area contributed by atoms with Crippen molar-refractivity contribution >= 4 is 27.9 Å². The fourth-order valence-corrected chi connectivity index (χ4v) is 3.93. The molecule has 122 valence electrons. The maximum Gasteiger partial charge on any atom is 0.194 e. The molecule has 0 amide bonds. The van der Waals surface area contributed by atoms with E-state index in [0.717, 1.165) is 43.8 Å². The lowest BCUT2D eigenvalue weighted by Crippen LogP contribution is -1.95. The third-order valence-electron chi connectivity index (χ3n) is 4.11. The Balaban J connectivity index is 1.97. The summed E-state index contributed by atoms with van der Waals surface area (Å²) in [5, 5.41) is 12.1. The van der Waals surface area contributed by atoms with E-state index in [0.29, 0.717) is 0 Å². The van der Waals surface area contributed by atoms with Crippen molar-refractivity contribution in [2.45, 2.75) is 13.3 Å². The zero-order chi connectivity index (χ0) is 17.4. The molecule has 0 unspecified atom stereocenters. The number of pyridine rings is 1. The van der Waals surface area contributed by atoms with Crippen molar-refractivity contribution in [3.63, 3.8) is 0 Å². The second-order valence-corrected chi connectivity index (χ2v) is 6.92. The molecule has 0 aliphatic rings. The van der Waals surface area contributed by atoms with Gasteiger partial charge in [0.15, 0.2) is 4.96 Å². The van der Waals surface area contributed by atoms with Crippen LogP contribution in [0.3, 0.4) is 0 Å². The van der Waals surface area contributed by atoms with Gasteiger partial charge in [-0.25, -0.2) is 4.98 Å². The first-order valence-electron chi connectivity index (χ1n) is 7.71. The summed E-state index contributed by atoms with van der Waals surface area (Å²) in [4.78, 5) is 9.70. The topological polar surface area (TPSA) is 54.0 Å². The van der Waals surface area contributed by atoms with Gasteiger partial charge < -0.3 is 0 Å². The van der Waals surface area contributed by atoms with Crippen LogP contribution in [0.4, 0.5) is 0 Å². The normalized spacial score (nSPS) is 10.9. The number of rotatable bonds is 3. The number of nitrogens with zero attached hydrogens (tertiary/aromatic N) is 4. The Morgan fingerprint density at radius 2 is 2.00 bits per heavy atom. The molecule has 4 aromatic rings. The molecule has 0 radical (unpaired) electrons. The average Bonchev–Trinajstić information content (AvgIpc) is 3.19. The molecule has 0 bridgehead atoms. The van der Waals surface area contributed by atoms with Crippen molar-refractivity contribution in [3.05, 3.63) is 64.4 Å². The highest BCUT2D eigenvalue weighted by molar-refractivity contribution is 7.15. The van der Waals surface area contributed by atoms with Crippen molar-refractivity contribution in [1.29, 1.82) is 5.26 Å². The van der Waals surface area contributed by atoms with E-state index in [2.05, 4.69) is 26.9 Å². The summed E-state index contributed by atoms with van der Waals surface area (Å²) in [6, 6.07) is 12.1. The predicted molar refractivity (Wildman–Crippen MR) is 101 cm³/mol. The van der Waals surface area contributed by atoms with E-state index in [1.165, 1.54) is 0 Å². The van der Waals surface area contributed by atoms with Crippen molar-refractivity contribution in [2.75, 3.05) is 0 Å². The second-order valence-electron chi connectivity index (χ2n) is 5.68. The number of nitriles is 1. The third kappa shape index (κ3) is 2.70. The number of benzene rings is 1. The predicted octanol–water partition coefficient (Wildman–Crippen LogP) is 5.15. The highest BCUT2D eigenvalue weighted by atomic mass is 35.5. The van der Waals surface area contributed by atoms with E-state index in [9.17, 15) is 5.26 Å². The smallest absolute Gasteiger partial charge is 0.194 e. The lowest BCUT2D eigenvalue weighted by molar-refractivity contribution is 1.08. The Kier molecular flexibility index (Phi) is 4.00. The molecular formula is C19H13ClN4S. The molecule has 4 rings (SSSR count). The quantitative estimate of drug-likeness (QED) is 0.505. The van der Waals surface area contributed by atoms with Gasteiger partial charge in [-0.15, -0.1) is 11.3 Å². The van der Waals surface area contributed by atoms with Crippen LogP contribution < -0.4 is 0 Å². The first-order chi connectivity index (χ1) is 12.2. The van der Waals surface area contributed by atoms with Crippen molar-refractivity contribution in [2.24, 2.45) is 0 Å². The molecule has 0 atom stereocenters. The zero-order valence-corrected chi connectivity index (χ0v) is 15.0. The lowest BCUT2D eigenvalue weighted by Gasteiger charge is -2.06. The molecule has 0 saturated heterocycles. The van der Waals surface area contributed by atoms with Gasteiger partial charge in [-0.1, -0.05) is 17.7 Å². The summed E-state index contributed by atoms with van der Waals surface area (Å²) >= 11 is 7.73. The van der Waals surface area contributed by atoms with E-state index in [1.54, 1.807) is 23.7 Å². The number of aromatic nitrogens is 3. The minimum Gasteiger partial charge on any atom is -0.286 e. The summed E-state index contributed by atoms with van der Waals surface area (Å²) in [6.07, 6.45) is 3.76. The van der Waals surface area contributed by atoms with Crippen LogP contribution in [0.25, 0.3) is 27.5 Å². The fraction of sp³-hybridized carbons (Fsp3) is 0.105. The molecule has 1 aromatic carbocycles. The van der Waals surface area contributed by atoms with Gasteiger partial charge in [0.1, 0.15) is 0 Å². The minimum atomic E-state index is 0.287. The first-order valence-corrected chi connectivity index (χ1v) is 8.97. The standard InChI is InChI=1S/C19H13ClN4S/c1-12-10-14(2-3-15(12)20)17-11-25-19-23-18(13-5-8-22-9-6-13)16(4-7-21)24(17)19/h2-3,5-6,8-11H,4H2,1H3. The molecule has 0 aliphatic heterocycles. The molecule has 3 aromatic heterocycles. The zero-order valence-electron chi connectivity index (χ0n) is 13.4. The van der Waals surface area contributed by atoms with Crippen molar-refractivity contribution in [1.82, 2.24) is 14.4 Å². The summed E-state index contributed by atoms with van der Waals surface area (Å²) in [6.45, 7) is 1.99. The van der Waals surface area contributed by atoms with Crippen LogP contribution in [0.1, 0.15) is 11.3 Å². The first kappa shape index (κ1) is 15.8.